The molecule has 0 unspecified atom stereocenters. The SMILES string of the molecule is CCCCCCCCCCCCO[C@@]1(O)CO[C@@H]2[C@H](O)CO[C@@H]21. The third-order valence-corrected chi connectivity index (χ3v) is 4.90. The van der Waals surface area contributed by atoms with E-state index in [9.17, 15) is 10.2 Å². The van der Waals surface area contributed by atoms with Crippen molar-refractivity contribution in [3.8, 4) is 0 Å². The van der Waals surface area contributed by atoms with Crippen LogP contribution < -0.4 is 0 Å². The first-order valence-corrected chi connectivity index (χ1v) is 9.45. The largest absolute Gasteiger partial charge is 0.388 e. The molecular formula is C18H34O5. The first-order chi connectivity index (χ1) is 11.2. The summed E-state index contributed by atoms with van der Waals surface area (Å²) in [6, 6.07) is 0. The van der Waals surface area contributed by atoms with Gasteiger partial charge in [-0.1, -0.05) is 64.7 Å². The maximum Gasteiger partial charge on any atom is 0.219 e. The molecule has 0 aliphatic carbocycles. The third kappa shape index (κ3) is 5.68. The molecule has 0 saturated carbocycles. The van der Waals surface area contributed by atoms with Crippen molar-refractivity contribution in [2.75, 3.05) is 19.8 Å². The third-order valence-electron chi connectivity index (χ3n) is 4.90. The molecule has 2 rings (SSSR count). The molecule has 0 radical (unpaired) electrons. The van der Waals surface area contributed by atoms with Gasteiger partial charge >= 0.3 is 0 Å². The highest BCUT2D eigenvalue weighted by Crippen LogP contribution is 2.35. The number of rotatable bonds is 12. The number of aliphatic hydroxyl groups excluding tert-OH is 1. The summed E-state index contributed by atoms with van der Waals surface area (Å²) in [5.41, 5.74) is 0. The molecule has 2 heterocycles. The minimum atomic E-state index is -1.39. The fraction of sp³-hybridized carbons (Fsp3) is 1.00. The molecule has 5 nitrogen and oxygen atoms in total. The van der Waals surface area contributed by atoms with Gasteiger partial charge in [0, 0.05) is 0 Å². The van der Waals surface area contributed by atoms with Gasteiger partial charge in [-0.25, -0.2) is 0 Å². The number of fused-ring (bicyclic) bond motifs is 1. The normalized spacial score (nSPS) is 33.3. The highest BCUT2D eigenvalue weighted by molar-refractivity contribution is 4.99. The first kappa shape index (κ1) is 19.1. The Balaban J connectivity index is 1.45. The Morgan fingerprint density at radius 2 is 1.57 bits per heavy atom. The van der Waals surface area contributed by atoms with E-state index in [2.05, 4.69) is 6.92 Å². The fourth-order valence-electron chi connectivity index (χ4n) is 3.44. The maximum absolute atomic E-state index is 10.4. The van der Waals surface area contributed by atoms with Crippen LogP contribution in [0.4, 0.5) is 0 Å². The monoisotopic (exact) mass is 330 g/mol. The van der Waals surface area contributed by atoms with Crippen molar-refractivity contribution in [2.24, 2.45) is 0 Å². The zero-order valence-electron chi connectivity index (χ0n) is 14.5. The van der Waals surface area contributed by atoms with Crippen LogP contribution in [0.3, 0.4) is 0 Å². The van der Waals surface area contributed by atoms with E-state index in [1.807, 2.05) is 0 Å². The summed E-state index contributed by atoms with van der Waals surface area (Å²) >= 11 is 0. The Bertz CT molecular complexity index is 325. The van der Waals surface area contributed by atoms with Crippen molar-refractivity contribution in [1.29, 1.82) is 0 Å². The van der Waals surface area contributed by atoms with Gasteiger partial charge in [-0.3, -0.25) is 0 Å². The van der Waals surface area contributed by atoms with Crippen LogP contribution in [0.2, 0.25) is 0 Å². The molecule has 0 aromatic rings. The molecule has 5 heteroatoms. The van der Waals surface area contributed by atoms with Gasteiger partial charge in [0.2, 0.25) is 5.79 Å². The second-order valence-electron chi connectivity index (χ2n) is 6.97. The van der Waals surface area contributed by atoms with Crippen LogP contribution in [0.15, 0.2) is 0 Å². The minimum Gasteiger partial charge on any atom is -0.388 e. The van der Waals surface area contributed by atoms with Crippen molar-refractivity contribution in [3.63, 3.8) is 0 Å². The second-order valence-corrected chi connectivity index (χ2v) is 6.97. The standard InChI is InChI=1S/C18H34O5/c1-2-3-4-5-6-7-8-9-10-11-12-23-18(20)14-22-16-15(19)13-21-17(16)18/h15-17,19-20H,2-14H2,1H3/t15-,16-,17+,18+/m1/s1. The molecule has 2 fully saturated rings. The number of hydrogen-bond acceptors (Lipinski definition) is 5. The van der Waals surface area contributed by atoms with Gasteiger partial charge in [0.25, 0.3) is 0 Å². The van der Waals surface area contributed by atoms with Crippen LogP contribution in [0.1, 0.15) is 71.1 Å². The van der Waals surface area contributed by atoms with Gasteiger partial charge in [0.15, 0.2) is 0 Å². The van der Waals surface area contributed by atoms with E-state index >= 15 is 0 Å². The van der Waals surface area contributed by atoms with Gasteiger partial charge < -0.3 is 24.4 Å². The van der Waals surface area contributed by atoms with E-state index in [0.29, 0.717) is 6.61 Å². The molecule has 2 N–H and O–H groups in total. The Morgan fingerprint density at radius 3 is 2.22 bits per heavy atom. The molecule has 23 heavy (non-hydrogen) atoms. The van der Waals surface area contributed by atoms with Crippen molar-refractivity contribution in [2.45, 2.75) is 95.2 Å². The quantitative estimate of drug-likeness (QED) is 0.425. The molecule has 0 spiro atoms. The van der Waals surface area contributed by atoms with Crippen LogP contribution in [0, 0.1) is 0 Å². The molecule has 2 aliphatic rings. The van der Waals surface area contributed by atoms with E-state index in [1.165, 1.54) is 51.4 Å². The van der Waals surface area contributed by atoms with Crippen molar-refractivity contribution in [3.05, 3.63) is 0 Å². The fourth-order valence-corrected chi connectivity index (χ4v) is 3.44. The first-order valence-electron chi connectivity index (χ1n) is 9.45. The number of ether oxygens (including phenoxy) is 3. The van der Waals surface area contributed by atoms with Crippen LogP contribution in [-0.4, -0.2) is 54.1 Å². The van der Waals surface area contributed by atoms with E-state index in [-0.39, 0.29) is 13.2 Å². The number of unbranched alkanes of at least 4 members (excludes halogenated alkanes) is 9. The van der Waals surface area contributed by atoms with Crippen LogP contribution in [0.25, 0.3) is 0 Å². The summed E-state index contributed by atoms with van der Waals surface area (Å²) in [5.74, 6) is -1.39. The van der Waals surface area contributed by atoms with Crippen molar-refractivity contribution >= 4 is 0 Å². The number of hydrogen-bond donors (Lipinski definition) is 2. The summed E-state index contributed by atoms with van der Waals surface area (Å²) < 4.78 is 16.4. The van der Waals surface area contributed by atoms with E-state index in [0.717, 1.165) is 12.8 Å². The van der Waals surface area contributed by atoms with Crippen LogP contribution >= 0.6 is 0 Å². The highest BCUT2D eigenvalue weighted by Gasteiger charge is 2.56. The molecule has 0 amide bonds. The Labute approximate surface area is 140 Å². The summed E-state index contributed by atoms with van der Waals surface area (Å²) in [6.07, 6.45) is 11.0. The van der Waals surface area contributed by atoms with Gasteiger partial charge in [0.05, 0.1) is 13.2 Å². The smallest absolute Gasteiger partial charge is 0.219 e. The molecule has 2 aliphatic heterocycles. The van der Waals surface area contributed by atoms with Gasteiger partial charge in [-0.15, -0.1) is 0 Å². The number of aliphatic hydroxyl groups is 2. The summed E-state index contributed by atoms with van der Waals surface area (Å²) in [5, 5.41) is 20.1. The van der Waals surface area contributed by atoms with E-state index in [1.54, 1.807) is 0 Å². The van der Waals surface area contributed by atoms with Gasteiger partial charge in [0.1, 0.15) is 24.9 Å². The predicted molar refractivity (Wildman–Crippen MR) is 88.2 cm³/mol. The minimum absolute atomic E-state index is 0.0805. The second kappa shape index (κ2) is 9.94. The van der Waals surface area contributed by atoms with Gasteiger partial charge in [-0.05, 0) is 6.42 Å². The molecule has 0 aromatic carbocycles. The Hall–Kier alpha value is -0.200. The Morgan fingerprint density at radius 1 is 0.957 bits per heavy atom. The van der Waals surface area contributed by atoms with Crippen molar-refractivity contribution < 1.29 is 24.4 Å². The molecule has 136 valence electrons. The molecule has 4 atom stereocenters. The lowest BCUT2D eigenvalue weighted by molar-refractivity contribution is -0.244. The topological polar surface area (TPSA) is 68.2 Å². The molecular weight excluding hydrogens is 296 g/mol. The average molecular weight is 330 g/mol. The average Bonchev–Trinajstić information content (AvgIpc) is 3.07. The maximum atomic E-state index is 10.4. The predicted octanol–water partition coefficient (Wildman–Crippen LogP) is 2.77. The van der Waals surface area contributed by atoms with Crippen molar-refractivity contribution in [1.82, 2.24) is 0 Å². The lowest BCUT2D eigenvalue weighted by atomic mass is 10.1. The summed E-state index contributed by atoms with van der Waals surface area (Å²) in [7, 11) is 0. The lowest BCUT2D eigenvalue weighted by Gasteiger charge is -2.26. The van der Waals surface area contributed by atoms with Crippen LogP contribution in [0.5, 0.6) is 0 Å². The molecule has 2 saturated heterocycles. The van der Waals surface area contributed by atoms with Crippen LogP contribution in [-0.2, 0) is 14.2 Å². The summed E-state index contributed by atoms with van der Waals surface area (Å²) in [6.45, 7) is 3.05. The van der Waals surface area contributed by atoms with Gasteiger partial charge in [-0.2, -0.15) is 0 Å². The Kier molecular flexibility index (Phi) is 8.27. The highest BCUT2D eigenvalue weighted by atomic mass is 16.7. The lowest BCUT2D eigenvalue weighted by Crippen LogP contribution is -2.46. The zero-order valence-corrected chi connectivity index (χ0v) is 14.5. The summed E-state index contributed by atoms with van der Waals surface area (Å²) in [4.78, 5) is 0. The molecule has 0 bridgehead atoms. The molecule has 0 aromatic heterocycles. The van der Waals surface area contributed by atoms with E-state index in [4.69, 9.17) is 14.2 Å². The van der Waals surface area contributed by atoms with E-state index < -0.39 is 24.1 Å². The zero-order chi connectivity index (χ0) is 16.5.